The maximum Gasteiger partial charge on any atom is 0.573 e. The zero-order chi connectivity index (χ0) is 23.6. The van der Waals surface area contributed by atoms with Crippen LogP contribution in [0.15, 0.2) is 29.1 Å². The van der Waals surface area contributed by atoms with E-state index < -0.39 is 6.36 Å². The molecule has 0 saturated heterocycles. The van der Waals surface area contributed by atoms with Crippen LogP contribution in [0.5, 0.6) is 5.75 Å². The predicted molar refractivity (Wildman–Crippen MR) is 123 cm³/mol. The van der Waals surface area contributed by atoms with Crippen LogP contribution in [0.1, 0.15) is 34.7 Å². The van der Waals surface area contributed by atoms with Gasteiger partial charge in [0, 0.05) is 18.5 Å². The average Bonchev–Trinajstić information content (AvgIpc) is 3.13. The number of thioether (sulfide) groups is 1. The van der Waals surface area contributed by atoms with Gasteiger partial charge in [-0.2, -0.15) is 0 Å². The summed E-state index contributed by atoms with van der Waals surface area (Å²) in [5, 5.41) is 0.714. The first kappa shape index (κ1) is 23.6. The molecule has 1 aromatic carbocycles. The summed E-state index contributed by atoms with van der Waals surface area (Å²) >= 11 is 2.94. The van der Waals surface area contributed by atoms with E-state index >= 15 is 0 Å². The lowest BCUT2D eigenvalue weighted by Crippen LogP contribution is -2.28. The van der Waals surface area contributed by atoms with Crippen molar-refractivity contribution in [3.8, 4) is 5.75 Å². The van der Waals surface area contributed by atoms with Gasteiger partial charge < -0.3 is 14.6 Å². The first-order chi connectivity index (χ1) is 15.7. The fourth-order valence-electron chi connectivity index (χ4n) is 3.78. The van der Waals surface area contributed by atoms with Crippen LogP contribution in [0.4, 0.5) is 13.2 Å². The molecule has 0 unspecified atom stereocenters. The number of amides is 1. The number of halogens is 3. The van der Waals surface area contributed by atoms with Gasteiger partial charge >= 0.3 is 6.36 Å². The van der Waals surface area contributed by atoms with Crippen LogP contribution in [0.25, 0.3) is 10.2 Å². The third kappa shape index (κ3) is 5.89. The molecule has 0 fully saturated rings. The van der Waals surface area contributed by atoms with Gasteiger partial charge in [-0.1, -0.05) is 12.1 Å². The van der Waals surface area contributed by atoms with E-state index in [1.807, 2.05) is 0 Å². The lowest BCUT2D eigenvalue weighted by atomic mass is 9.97. The number of benzene rings is 1. The first-order valence-electron chi connectivity index (χ1n) is 10.4. The predicted octanol–water partition coefficient (Wildman–Crippen LogP) is 4.65. The summed E-state index contributed by atoms with van der Waals surface area (Å²) < 4.78 is 40.6. The number of hydrogen-bond acceptors (Lipinski definition) is 6. The number of nitrogens with one attached hydrogen (secondary N) is 1. The molecule has 1 N–H and O–H groups in total. The maximum atomic E-state index is 12.6. The number of fused-ring (bicyclic) bond motifs is 3. The lowest BCUT2D eigenvalue weighted by molar-refractivity contribution is -0.274. The molecule has 4 rings (SSSR count). The van der Waals surface area contributed by atoms with E-state index in [1.54, 1.807) is 18.4 Å². The molecule has 0 atom stereocenters. The Hall–Kier alpha value is -2.53. The first-order valence-corrected chi connectivity index (χ1v) is 12.4. The summed E-state index contributed by atoms with van der Waals surface area (Å²) in [7, 11) is 1.63. The summed E-state index contributed by atoms with van der Waals surface area (Å²) in [6, 6.07) is 5.41. The van der Waals surface area contributed by atoms with E-state index in [9.17, 15) is 22.8 Å². The minimum Gasteiger partial charge on any atom is -0.406 e. The molecule has 176 valence electrons. The number of nitrogens with zero attached hydrogens (tertiary/aromatic N) is 2. The summed E-state index contributed by atoms with van der Waals surface area (Å²) in [4.78, 5) is 36.0. The molecule has 2 heterocycles. The SMILES string of the molecule is CN(Cc1ccc(OC(F)(F)F)cc1)C(=O)CSCc1nc2sc3c(c2c(=O)[nH]1)CCCC3. The van der Waals surface area contributed by atoms with Crippen molar-refractivity contribution in [1.82, 2.24) is 14.9 Å². The number of aryl methyl sites for hydroxylation is 2. The molecule has 6 nitrogen and oxygen atoms in total. The second kappa shape index (κ2) is 9.76. The number of carbonyl (C=O) groups is 1. The molecular formula is C22H22F3N3O3S2. The van der Waals surface area contributed by atoms with Crippen molar-refractivity contribution >= 4 is 39.2 Å². The highest BCUT2D eigenvalue weighted by Crippen LogP contribution is 2.33. The van der Waals surface area contributed by atoms with Gasteiger partial charge in [-0.05, 0) is 48.9 Å². The van der Waals surface area contributed by atoms with E-state index in [4.69, 9.17) is 0 Å². The van der Waals surface area contributed by atoms with E-state index in [2.05, 4.69) is 14.7 Å². The van der Waals surface area contributed by atoms with Gasteiger partial charge in [0.15, 0.2) is 0 Å². The van der Waals surface area contributed by atoms with Crippen molar-refractivity contribution in [1.29, 1.82) is 0 Å². The van der Waals surface area contributed by atoms with E-state index in [-0.39, 0.29) is 29.5 Å². The van der Waals surface area contributed by atoms with Crippen molar-refractivity contribution in [3.63, 3.8) is 0 Å². The fourth-order valence-corrected chi connectivity index (χ4v) is 5.89. The Morgan fingerprint density at radius 3 is 2.70 bits per heavy atom. The van der Waals surface area contributed by atoms with Gasteiger partial charge in [0.25, 0.3) is 5.56 Å². The monoisotopic (exact) mass is 497 g/mol. The summed E-state index contributed by atoms with van der Waals surface area (Å²) in [5.74, 6) is 0.698. The molecule has 1 aliphatic rings. The smallest absolute Gasteiger partial charge is 0.406 e. The molecular weight excluding hydrogens is 475 g/mol. The van der Waals surface area contributed by atoms with Crippen LogP contribution < -0.4 is 10.3 Å². The van der Waals surface area contributed by atoms with Crippen LogP contribution in [0.3, 0.4) is 0 Å². The highest BCUT2D eigenvalue weighted by atomic mass is 32.2. The van der Waals surface area contributed by atoms with Crippen molar-refractivity contribution < 1.29 is 22.7 Å². The van der Waals surface area contributed by atoms with E-state index in [0.29, 0.717) is 22.5 Å². The zero-order valence-electron chi connectivity index (χ0n) is 17.8. The van der Waals surface area contributed by atoms with Crippen LogP contribution in [0, 0.1) is 0 Å². The molecule has 0 bridgehead atoms. The number of carbonyl (C=O) groups excluding carboxylic acids is 1. The minimum absolute atomic E-state index is 0.114. The number of thiophene rings is 1. The summed E-state index contributed by atoms with van der Waals surface area (Å²) in [5.41, 5.74) is 1.71. The number of aromatic nitrogens is 2. The van der Waals surface area contributed by atoms with Crippen LogP contribution in [-0.2, 0) is 29.9 Å². The van der Waals surface area contributed by atoms with Crippen LogP contribution in [-0.4, -0.2) is 39.9 Å². The Bertz CT molecular complexity index is 1210. The van der Waals surface area contributed by atoms with Crippen LogP contribution >= 0.6 is 23.1 Å². The Balaban J connectivity index is 1.31. The fraction of sp³-hybridized carbons (Fsp3) is 0.409. The molecule has 1 amide bonds. The molecule has 2 aromatic heterocycles. The number of alkyl halides is 3. The number of hydrogen-bond donors (Lipinski definition) is 1. The van der Waals surface area contributed by atoms with Crippen molar-refractivity contribution in [3.05, 3.63) is 56.4 Å². The van der Waals surface area contributed by atoms with Crippen molar-refractivity contribution in [2.75, 3.05) is 12.8 Å². The molecule has 0 radical (unpaired) electrons. The highest BCUT2D eigenvalue weighted by molar-refractivity contribution is 7.99. The second-order valence-corrected chi connectivity index (χ2v) is 9.91. The molecule has 0 aliphatic heterocycles. The van der Waals surface area contributed by atoms with Gasteiger partial charge in [-0.25, -0.2) is 4.98 Å². The third-order valence-electron chi connectivity index (χ3n) is 5.34. The zero-order valence-corrected chi connectivity index (χ0v) is 19.5. The van der Waals surface area contributed by atoms with E-state index in [0.717, 1.165) is 36.1 Å². The number of H-pyrrole nitrogens is 1. The topological polar surface area (TPSA) is 75.3 Å². The third-order valence-corrected chi connectivity index (χ3v) is 7.46. The van der Waals surface area contributed by atoms with Crippen molar-refractivity contribution in [2.45, 2.75) is 44.3 Å². The van der Waals surface area contributed by atoms with Gasteiger partial charge in [0.2, 0.25) is 5.91 Å². The van der Waals surface area contributed by atoms with Crippen molar-refractivity contribution in [2.24, 2.45) is 0 Å². The number of ether oxygens (including phenoxy) is 1. The second-order valence-electron chi connectivity index (χ2n) is 7.84. The Morgan fingerprint density at radius 1 is 1.24 bits per heavy atom. The van der Waals surface area contributed by atoms with Gasteiger partial charge in [0.05, 0.1) is 16.9 Å². The minimum atomic E-state index is -4.74. The summed E-state index contributed by atoms with van der Waals surface area (Å²) in [6.07, 6.45) is -0.581. The summed E-state index contributed by atoms with van der Waals surface area (Å²) in [6.45, 7) is 0.257. The Kier molecular flexibility index (Phi) is 6.99. The molecule has 33 heavy (non-hydrogen) atoms. The van der Waals surface area contributed by atoms with Crippen LogP contribution in [0.2, 0.25) is 0 Å². The van der Waals surface area contributed by atoms with E-state index in [1.165, 1.54) is 45.8 Å². The lowest BCUT2D eigenvalue weighted by Gasteiger charge is -2.17. The van der Waals surface area contributed by atoms with Gasteiger partial charge in [-0.15, -0.1) is 36.3 Å². The Morgan fingerprint density at radius 2 is 1.97 bits per heavy atom. The van der Waals surface area contributed by atoms with Gasteiger partial charge in [0.1, 0.15) is 16.4 Å². The molecule has 3 aromatic rings. The van der Waals surface area contributed by atoms with Gasteiger partial charge in [-0.3, -0.25) is 9.59 Å². The maximum absolute atomic E-state index is 12.6. The molecule has 0 spiro atoms. The highest BCUT2D eigenvalue weighted by Gasteiger charge is 2.31. The quantitative estimate of drug-likeness (QED) is 0.514. The Labute approximate surface area is 196 Å². The number of aromatic amines is 1. The normalized spacial score (nSPS) is 13.7. The standard InChI is InChI=1S/C22H22F3N3O3S2/c1-28(10-13-6-8-14(9-7-13)31-22(23,24)25)18(29)12-32-11-17-26-20(30)19-15-4-2-3-5-16(15)33-21(19)27-17/h6-9H,2-5,10-12H2,1H3,(H,26,27,30). The largest absolute Gasteiger partial charge is 0.573 e. The average molecular weight is 498 g/mol. The number of rotatable bonds is 7. The molecule has 11 heteroatoms. The molecule has 1 aliphatic carbocycles. The molecule has 0 saturated carbocycles.